The van der Waals surface area contributed by atoms with E-state index in [4.69, 9.17) is 21.3 Å². The predicted molar refractivity (Wildman–Crippen MR) is 153 cm³/mol. The van der Waals surface area contributed by atoms with Gasteiger partial charge in [0.25, 0.3) is 0 Å². The second kappa shape index (κ2) is 11.5. The van der Waals surface area contributed by atoms with Gasteiger partial charge in [0, 0.05) is 41.3 Å². The van der Waals surface area contributed by atoms with Crippen LogP contribution in [0.4, 0.5) is 10.7 Å². The molecule has 2 fully saturated rings. The molecular weight excluding hydrogens is 500 g/mol. The van der Waals surface area contributed by atoms with Crippen LogP contribution in [0.5, 0.6) is 0 Å². The van der Waals surface area contributed by atoms with Crippen LogP contribution in [0, 0.1) is 5.92 Å². The van der Waals surface area contributed by atoms with Gasteiger partial charge in [-0.1, -0.05) is 29.8 Å². The van der Waals surface area contributed by atoms with E-state index < -0.39 is 5.60 Å². The highest BCUT2D eigenvalue weighted by Gasteiger charge is 2.34. The Morgan fingerprint density at radius 1 is 1.18 bits per heavy atom. The normalized spacial score (nSPS) is 20.8. The number of amides is 1. The number of piperidine rings is 1. The molecule has 1 aliphatic heterocycles. The average molecular weight is 539 g/mol. The number of halogens is 1. The third-order valence-electron chi connectivity index (χ3n) is 7.55. The summed E-state index contributed by atoms with van der Waals surface area (Å²) in [6, 6.07) is 8.38. The number of fused-ring (bicyclic) bond motifs is 1. The monoisotopic (exact) mass is 538 g/mol. The van der Waals surface area contributed by atoms with Gasteiger partial charge >= 0.3 is 6.09 Å². The van der Waals surface area contributed by atoms with Gasteiger partial charge in [-0.05, 0) is 84.4 Å². The predicted octanol–water partition coefficient (Wildman–Crippen LogP) is 6.24. The number of nitrogens with zero attached hydrogens (tertiary/aromatic N) is 3. The van der Waals surface area contributed by atoms with Crippen molar-refractivity contribution in [3.63, 3.8) is 0 Å². The topological polar surface area (TPSA) is 95.2 Å². The van der Waals surface area contributed by atoms with Crippen molar-refractivity contribution < 1.29 is 9.53 Å². The maximum absolute atomic E-state index is 13.3. The van der Waals surface area contributed by atoms with Crippen LogP contribution >= 0.6 is 11.6 Å². The Labute approximate surface area is 229 Å². The SMILES string of the molecule is CC(C)(C)OC(=O)N(CC1CCNCC1)[C@H]1CCC[C@@H](Nc2ncc(Cl)c(-c3c[nH]c4ccccc34)n2)C1. The lowest BCUT2D eigenvalue weighted by Gasteiger charge is -2.40. The van der Waals surface area contributed by atoms with Gasteiger partial charge in [0.15, 0.2) is 0 Å². The number of H-pyrrole nitrogens is 1. The Morgan fingerprint density at radius 2 is 1.97 bits per heavy atom. The van der Waals surface area contributed by atoms with Crippen LogP contribution in [0.2, 0.25) is 5.02 Å². The summed E-state index contributed by atoms with van der Waals surface area (Å²) in [5, 5.41) is 8.57. The van der Waals surface area contributed by atoms with Crippen LogP contribution < -0.4 is 10.6 Å². The van der Waals surface area contributed by atoms with E-state index in [1.54, 1.807) is 6.20 Å². The first-order valence-corrected chi connectivity index (χ1v) is 14.2. The maximum Gasteiger partial charge on any atom is 0.410 e. The van der Waals surface area contributed by atoms with Crippen LogP contribution in [0.3, 0.4) is 0 Å². The largest absolute Gasteiger partial charge is 0.444 e. The van der Waals surface area contributed by atoms with Crippen LogP contribution in [0.15, 0.2) is 36.7 Å². The fourth-order valence-corrected chi connectivity index (χ4v) is 5.88. The molecule has 1 aromatic carbocycles. The number of para-hydroxylation sites is 1. The lowest BCUT2D eigenvalue weighted by Crippen LogP contribution is -2.50. The molecule has 38 heavy (non-hydrogen) atoms. The molecule has 2 aromatic heterocycles. The van der Waals surface area contributed by atoms with E-state index >= 15 is 0 Å². The highest BCUT2D eigenvalue weighted by Crippen LogP contribution is 2.33. The minimum absolute atomic E-state index is 0.117. The smallest absolute Gasteiger partial charge is 0.410 e. The molecular formula is C29H39ClN6O2. The molecule has 2 aliphatic rings. The molecule has 1 saturated carbocycles. The number of aromatic amines is 1. The van der Waals surface area contributed by atoms with E-state index in [0.717, 1.165) is 74.6 Å². The second-order valence-electron chi connectivity index (χ2n) is 11.6. The molecule has 1 amide bonds. The molecule has 204 valence electrons. The molecule has 1 saturated heterocycles. The number of benzene rings is 1. The number of hydrogen-bond acceptors (Lipinski definition) is 6. The molecule has 3 N–H and O–H groups in total. The highest BCUT2D eigenvalue weighted by molar-refractivity contribution is 6.33. The first-order chi connectivity index (χ1) is 18.3. The summed E-state index contributed by atoms with van der Waals surface area (Å²) in [5.74, 6) is 1.05. The number of nitrogens with one attached hydrogen (secondary N) is 3. The first-order valence-electron chi connectivity index (χ1n) is 13.8. The van der Waals surface area contributed by atoms with E-state index in [-0.39, 0.29) is 18.2 Å². The Balaban J connectivity index is 1.32. The molecule has 1 aliphatic carbocycles. The molecule has 0 unspecified atom stereocenters. The van der Waals surface area contributed by atoms with Gasteiger partial charge in [0.05, 0.1) is 16.9 Å². The molecule has 0 bridgehead atoms. The van der Waals surface area contributed by atoms with Crippen molar-refractivity contribution in [2.75, 3.05) is 25.0 Å². The zero-order valence-electron chi connectivity index (χ0n) is 22.6. The lowest BCUT2D eigenvalue weighted by atomic mass is 9.88. The number of carbonyl (C=O) groups is 1. The van der Waals surface area contributed by atoms with Crippen molar-refractivity contribution in [3.05, 3.63) is 41.7 Å². The Kier molecular flexibility index (Phi) is 8.09. The zero-order chi connectivity index (χ0) is 26.7. The number of rotatable bonds is 6. The van der Waals surface area contributed by atoms with Crippen LogP contribution in [0.25, 0.3) is 22.2 Å². The molecule has 8 nitrogen and oxygen atoms in total. The van der Waals surface area contributed by atoms with Gasteiger partial charge in [0.2, 0.25) is 5.95 Å². The number of anilines is 1. The minimum atomic E-state index is -0.522. The molecule has 0 spiro atoms. The Hall–Kier alpha value is -2.84. The van der Waals surface area contributed by atoms with E-state index in [2.05, 4.69) is 26.7 Å². The molecule has 3 heterocycles. The lowest BCUT2D eigenvalue weighted by molar-refractivity contribution is 0.00646. The van der Waals surface area contributed by atoms with Crippen LogP contribution in [-0.2, 0) is 4.74 Å². The number of hydrogen-bond donors (Lipinski definition) is 3. The number of aromatic nitrogens is 3. The third-order valence-corrected chi connectivity index (χ3v) is 7.83. The summed E-state index contributed by atoms with van der Waals surface area (Å²) in [5.41, 5.74) is 2.18. The van der Waals surface area contributed by atoms with E-state index in [0.29, 0.717) is 22.6 Å². The fraction of sp³-hybridized carbons (Fsp3) is 0.552. The van der Waals surface area contributed by atoms with Gasteiger partial charge in [0.1, 0.15) is 5.60 Å². The van der Waals surface area contributed by atoms with Crippen molar-refractivity contribution in [2.45, 2.75) is 77.0 Å². The zero-order valence-corrected chi connectivity index (χ0v) is 23.4. The maximum atomic E-state index is 13.3. The third kappa shape index (κ3) is 6.41. The van der Waals surface area contributed by atoms with Crippen molar-refractivity contribution in [2.24, 2.45) is 5.92 Å². The second-order valence-corrected chi connectivity index (χ2v) is 12.0. The van der Waals surface area contributed by atoms with Gasteiger partial charge < -0.3 is 25.3 Å². The summed E-state index contributed by atoms with van der Waals surface area (Å²) in [7, 11) is 0. The van der Waals surface area contributed by atoms with Gasteiger partial charge in [-0.3, -0.25) is 0 Å². The summed E-state index contributed by atoms with van der Waals surface area (Å²) in [6.07, 6.45) is 9.41. The first kappa shape index (κ1) is 26.8. The Morgan fingerprint density at radius 3 is 2.76 bits per heavy atom. The summed E-state index contributed by atoms with van der Waals surface area (Å²) >= 11 is 6.55. The molecule has 5 rings (SSSR count). The molecule has 2 atom stereocenters. The Bertz CT molecular complexity index is 1250. The van der Waals surface area contributed by atoms with Crippen molar-refractivity contribution in [1.29, 1.82) is 0 Å². The average Bonchev–Trinajstić information content (AvgIpc) is 3.32. The van der Waals surface area contributed by atoms with Gasteiger partial charge in [-0.2, -0.15) is 0 Å². The van der Waals surface area contributed by atoms with Crippen molar-refractivity contribution in [3.8, 4) is 11.3 Å². The van der Waals surface area contributed by atoms with Crippen LogP contribution in [0.1, 0.15) is 59.3 Å². The standard InChI is InChI=1S/C29H39ClN6O2/c1-29(2,3)38-28(37)36(18-19-11-13-31-14-12-19)21-8-6-7-20(15-21)34-27-33-17-24(30)26(35-27)23-16-32-25-10-5-4-9-22(23)25/h4-5,9-10,16-17,19-21,31-32H,6-8,11-15,18H2,1-3H3,(H,33,34,35)/t20-,21+/m1/s1. The summed E-state index contributed by atoms with van der Waals surface area (Å²) < 4.78 is 5.86. The van der Waals surface area contributed by atoms with E-state index in [1.165, 1.54) is 0 Å². The van der Waals surface area contributed by atoms with Crippen LogP contribution in [-0.4, -0.2) is 63.3 Å². The van der Waals surface area contributed by atoms with E-state index in [1.807, 2.05) is 50.1 Å². The quantitative estimate of drug-likeness (QED) is 0.344. The van der Waals surface area contributed by atoms with Crippen molar-refractivity contribution >= 4 is 34.5 Å². The highest BCUT2D eigenvalue weighted by atomic mass is 35.5. The fourth-order valence-electron chi connectivity index (χ4n) is 5.69. The van der Waals surface area contributed by atoms with Crippen molar-refractivity contribution in [1.82, 2.24) is 25.2 Å². The number of carbonyl (C=O) groups excluding carboxylic acids is 1. The molecule has 0 radical (unpaired) electrons. The summed E-state index contributed by atoms with van der Waals surface area (Å²) in [6.45, 7) is 8.56. The van der Waals surface area contributed by atoms with Gasteiger partial charge in [-0.15, -0.1) is 0 Å². The van der Waals surface area contributed by atoms with E-state index in [9.17, 15) is 4.79 Å². The minimum Gasteiger partial charge on any atom is -0.444 e. The number of ether oxygens (including phenoxy) is 1. The molecule has 9 heteroatoms. The van der Waals surface area contributed by atoms with Gasteiger partial charge in [-0.25, -0.2) is 14.8 Å². The summed E-state index contributed by atoms with van der Waals surface area (Å²) in [4.78, 5) is 28.0. The molecule has 3 aromatic rings.